The number of carbonyl (C=O) groups excluding carboxylic acids is 3. The summed E-state index contributed by atoms with van der Waals surface area (Å²) in [6.45, 7) is 3.47. The fourth-order valence-electron chi connectivity index (χ4n) is 5.91. The molecule has 3 aromatic carbocycles. The van der Waals surface area contributed by atoms with Crippen molar-refractivity contribution in [2.45, 2.75) is 25.3 Å². The monoisotopic (exact) mass is 612 g/mol. The number of nitrogens with zero attached hydrogens (tertiary/aromatic N) is 3. The molecule has 3 heterocycles. The molecule has 10 heteroatoms. The van der Waals surface area contributed by atoms with Gasteiger partial charge in [-0.05, 0) is 54.8 Å². The number of piperazine rings is 1. The van der Waals surface area contributed by atoms with Crippen molar-refractivity contribution < 1.29 is 18.8 Å². The second kappa shape index (κ2) is 12.9. The van der Waals surface area contributed by atoms with Gasteiger partial charge in [0.25, 0.3) is 11.8 Å². The number of hydrogen-bond donors (Lipinski definition) is 1. The summed E-state index contributed by atoms with van der Waals surface area (Å²) in [5, 5.41) is 3.77. The van der Waals surface area contributed by atoms with E-state index in [0.29, 0.717) is 47.7 Å². The average Bonchev–Trinajstić information content (AvgIpc) is 3.60. The lowest BCUT2D eigenvalue weighted by Gasteiger charge is -2.38. The summed E-state index contributed by atoms with van der Waals surface area (Å²) in [4.78, 5) is 58.9. The molecular weight excluding hydrogens is 580 g/mol. The molecule has 1 N–H and O–H groups in total. The van der Waals surface area contributed by atoms with E-state index in [1.54, 1.807) is 41.3 Å². The van der Waals surface area contributed by atoms with Crippen LogP contribution in [0.25, 0.3) is 11.0 Å². The maximum absolute atomic E-state index is 13.9. The highest BCUT2D eigenvalue weighted by atomic mass is 35.5. The minimum atomic E-state index is -0.906. The van der Waals surface area contributed by atoms with E-state index in [2.05, 4.69) is 10.2 Å². The highest BCUT2D eigenvalue weighted by molar-refractivity contribution is 6.30. The largest absolute Gasteiger partial charge is 0.451 e. The van der Waals surface area contributed by atoms with Gasteiger partial charge in [0, 0.05) is 62.5 Å². The number of para-hydroxylation sites is 2. The number of carbonyl (C=O) groups is 3. The SMILES string of the molecule is O=C(N[C@H](Cc1ccc(Cl)cc1)C(=O)N1CCN(c2ccccc2C(=O)N2CCCC2)CC1)c1cc(=O)c2ccccc2o1. The van der Waals surface area contributed by atoms with Crippen LogP contribution in [-0.4, -0.2) is 72.8 Å². The highest BCUT2D eigenvalue weighted by Gasteiger charge is 2.31. The van der Waals surface area contributed by atoms with Gasteiger partial charge in [-0.3, -0.25) is 19.2 Å². The Bertz CT molecular complexity index is 1740. The molecule has 0 unspecified atom stereocenters. The molecule has 0 aliphatic carbocycles. The number of hydrogen-bond acceptors (Lipinski definition) is 6. The van der Waals surface area contributed by atoms with Crippen LogP contribution in [0.5, 0.6) is 0 Å². The van der Waals surface area contributed by atoms with Gasteiger partial charge >= 0.3 is 0 Å². The Morgan fingerprint density at radius 3 is 2.25 bits per heavy atom. The fraction of sp³-hybridized carbons (Fsp3) is 0.294. The molecular formula is C34H33ClN4O5. The van der Waals surface area contributed by atoms with Crippen LogP contribution in [0.1, 0.15) is 39.3 Å². The second-order valence-electron chi connectivity index (χ2n) is 11.2. The molecule has 6 rings (SSSR count). The van der Waals surface area contributed by atoms with Crippen molar-refractivity contribution in [1.82, 2.24) is 15.1 Å². The molecule has 0 bridgehead atoms. The Hall–Kier alpha value is -4.63. The molecule has 1 atom stereocenters. The minimum Gasteiger partial charge on any atom is -0.451 e. The lowest BCUT2D eigenvalue weighted by molar-refractivity contribution is -0.133. The highest BCUT2D eigenvalue weighted by Crippen LogP contribution is 2.25. The third-order valence-electron chi connectivity index (χ3n) is 8.27. The number of rotatable bonds is 7. The van der Waals surface area contributed by atoms with Gasteiger partial charge in [-0.1, -0.05) is 48.0 Å². The zero-order valence-electron chi connectivity index (χ0n) is 24.2. The summed E-state index contributed by atoms with van der Waals surface area (Å²) in [6.07, 6.45) is 2.28. The maximum Gasteiger partial charge on any atom is 0.287 e. The first kappa shape index (κ1) is 29.4. The molecule has 2 aliphatic rings. The van der Waals surface area contributed by atoms with E-state index >= 15 is 0 Å². The van der Waals surface area contributed by atoms with Crippen molar-refractivity contribution in [3.8, 4) is 0 Å². The van der Waals surface area contributed by atoms with Gasteiger partial charge in [-0.15, -0.1) is 0 Å². The zero-order valence-corrected chi connectivity index (χ0v) is 25.0. The molecule has 226 valence electrons. The van der Waals surface area contributed by atoms with Crippen molar-refractivity contribution in [2.24, 2.45) is 0 Å². The average molecular weight is 613 g/mol. The molecule has 9 nitrogen and oxygen atoms in total. The molecule has 4 aromatic rings. The summed E-state index contributed by atoms with van der Waals surface area (Å²) in [5.74, 6) is -1.000. The van der Waals surface area contributed by atoms with Gasteiger partial charge in [-0.2, -0.15) is 0 Å². The van der Waals surface area contributed by atoms with Crippen LogP contribution < -0.4 is 15.6 Å². The van der Waals surface area contributed by atoms with Gasteiger partial charge in [0.05, 0.1) is 10.9 Å². The van der Waals surface area contributed by atoms with Gasteiger partial charge in [0.2, 0.25) is 5.91 Å². The van der Waals surface area contributed by atoms with Crippen LogP contribution in [0.2, 0.25) is 5.02 Å². The fourth-order valence-corrected chi connectivity index (χ4v) is 6.04. The molecule has 0 radical (unpaired) electrons. The van der Waals surface area contributed by atoms with Crippen LogP contribution in [0.4, 0.5) is 5.69 Å². The summed E-state index contributed by atoms with van der Waals surface area (Å²) in [6, 6.07) is 21.7. The van der Waals surface area contributed by atoms with Crippen LogP contribution in [0.15, 0.2) is 88.1 Å². The molecule has 0 spiro atoms. The Morgan fingerprint density at radius 1 is 0.818 bits per heavy atom. The molecule has 44 heavy (non-hydrogen) atoms. The summed E-state index contributed by atoms with van der Waals surface area (Å²) in [5.41, 5.74) is 2.33. The number of nitrogens with one attached hydrogen (secondary N) is 1. The predicted octanol–water partition coefficient (Wildman–Crippen LogP) is 4.37. The first-order chi connectivity index (χ1) is 21.4. The van der Waals surface area contributed by atoms with Crippen LogP contribution in [0, 0.1) is 0 Å². The first-order valence-electron chi connectivity index (χ1n) is 14.9. The van der Waals surface area contributed by atoms with Crippen molar-refractivity contribution >= 4 is 46.0 Å². The van der Waals surface area contributed by atoms with Gasteiger partial charge in [0.1, 0.15) is 11.6 Å². The van der Waals surface area contributed by atoms with E-state index in [0.717, 1.165) is 43.2 Å². The minimum absolute atomic E-state index is 0.0442. The first-order valence-corrected chi connectivity index (χ1v) is 15.3. The van der Waals surface area contributed by atoms with Crippen molar-refractivity contribution in [3.05, 3.63) is 111 Å². The standard InChI is InChI=1S/C34H33ClN4O5/c35-24-13-11-23(12-14-24)21-27(36-32(41)31-22-29(40)26-8-2-4-10-30(26)44-31)34(43)39-19-17-37(18-20-39)28-9-3-1-7-25(28)33(42)38-15-5-6-16-38/h1-4,7-14,22,27H,5-6,15-21H2,(H,36,41)/t27-/m1/s1. The second-order valence-corrected chi connectivity index (χ2v) is 11.6. The number of halogens is 1. The van der Waals surface area contributed by atoms with Gasteiger partial charge < -0.3 is 24.4 Å². The summed E-state index contributed by atoms with van der Waals surface area (Å²) in [7, 11) is 0. The maximum atomic E-state index is 13.9. The summed E-state index contributed by atoms with van der Waals surface area (Å²) < 4.78 is 5.73. The number of anilines is 1. The molecule has 1 aromatic heterocycles. The van der Waals surface area contributed by atoms with Crippen LogP contribution in [0.3, 0.4) is 0 Å². The van der Waals surface area contributed by atoms with Gasteiger partial charge in [0.15, 0.2) is 11.2 Å². The molecule has 0 saturated carbocycles. The topological polar surface area (TPSA) is 103 Å². The van der Waals surface area contributed by atoms with Crippen molar-refractivity contribution in [1.29, 1.82) is 0 Å². The normalized spacial score (nSPS) is 15.8. The lowest BCUT2D eigenvalue weighted by atomic mass is 10.0. The van der Waals surface area contributed by atoms with E-state index < -0.39 is 11.9 Å². The summed E-state index contributed by atoms with van der Waals surface area (Å²) >= 11 is 6.08. The third kappa shape index (κ3) is 6.33. The van der Waals surface area contributed by atoms with E-state index in [4.69, 9.17) is 16.0 Å². The number of amides is 3. The van der Waals surface area contributed by atoms with Gasteiger partial charge in [-0.25, -0.2) is 0 Å². The number of fused-ring (bicyclic) bond motifs is 1. The van der Waals surface area contributed by atoms with Crippen molar-refractivity contribution in [2.75, 3.05) is 44.2 Å². The molecule has 3 amide bonds. The predicted molar refractivity (Wildman–Crippen MR) is 169 cm³/mol. The number of likely N-dealkylation sites (tertiary alicyclic amines) is 1. The Balaban J connectivity index is 1.19. The van der Waals surface area contributed by atoms with Crippen LogP contribution in [-0.2, 0) is 11.2 Å². The lowest BCUT2D eigenvalue weighted by Crippen LogP contribution is -2.55. The van der Waals surface area contributed by atoms with E-state index in [9.17, 15) is 19.2 Å². The van der Waals surface area contributed by atoms with Crippen molar-refractivity contribution in [3.63, 3.8) is 0 Å². The Labute approximate surface area is 260 Å². The smallest absolute Gasteiger partial charge is 0.287 e. The Morgan fingerprint density at radius 2 is 1.50 bits per heavy atom. The molecule has 2 aliphatic heterocycles. The quantitative estimate of drug-likeness (QED) is 0.332. The van der Waals surface area contributed by atoms with E-state index in [-0.39, 0.29) is 29.4 Å². The zero-order chi connectivity index (χ0) is 30.6. The third-order valence-corrected chi connectivity index (χ3v) is 8.53. The van der Waals surface area contributed by atoms with E-state index in [1.165, 1.54) is 0 Å². The Kier molecular flexibility index (Phi) is 8.65. The van der Waals surface area contributed by atoms with Crippen LogP contribution >= 0.6 is 11.6 Å². The van der Waals surface area contributed by atoms with E-state index in [1.807, 2.05) is 41.3 Å². The molecule has 2 saturated heterocycles. The number of benzene rings is 3. The molecule has 2 fully saturated rings.